The highest BCUT2D eigenvalue weighted by Gasteiger charge is 2.25. The van der Waals surface area contributed by atoms with Crippen molar-refractivity contribution in [3.05, 3.63) is 23.2 Å². The Morgan fingerprint density at radius 1 is 1.30 bits per heavy atom. The second kappa shape index (κ2) is 5.92. The second-order valence-electron chi connectivity index (χ2n) is 5.83. The van der Waals surface area contributed by atoms with Crippen LogP contribution >= 0.6 is 11.6 Å². The molecule has 0 amide bonds. The Bertz CT molecular complexity index is 589. The third-order valence-electron chi connectivity index (χ3n) is 4.04. The minimum Gasteiger partial charge on any atom is -0.381 e. The highest BCUT2D eigenvalue weighted by atomic mass is 35.5. The zero-order valence-corrected chi connectivity index (χ0v) is 13.3. The highest BCUT2D eigenvalue weighted by molar-refractivity contribution is 7.89. The summed E-state index contributed by atoms with van der Waals surface area (Å²) in [5.41, 5.74) is 0.643. The second-order valence-corrected chi connectivity index (χ2v) is 7.80. The number of hydrogen-bond donors (Lipinski definition) is 2. The predicted octanol–water partition coefficient (Wildman–Crippen LogP) is 3.22. The topological polar surface area (TPSA) is 72.2 Å². The van der Waals surface area contributed by atoms with E-state index in [4.69, 9.17) is 16.7 Å². The van der Waals surface area contributed by atoms with Crippen molar-refractivity contribution in [1.29, 1.82) is 0 Å². The number of sulfonamides is 1. The Labute approximate surface area is 125 Å². The molecular formula is C14H21ClN2O2S. The number of hydrogen-bond acceptors (Lipinski definition) is 3. The maximum Gasteiger partial charge on any atom is 0.238 e. The van der Waals surface area contributed by atoms with Crippen LogP contribution in [0.15, 0.2) is 23.1 Å². The van der Waals surface area contributed by atoms with E-state index < -0.39 is 10.0 Å². The van der Waals surface area contributed by atoms with Crippen molar-refractivity contribution in [3.8, 4) is 0 Å². The Kier molecular flexibility index (Phi) is 4.62. The van der Waals surface area contributed by atoms with Crippen molar-refractivity contribution in [2.75, 3.05) is 5.32 Å². The number of halogens is 1. The number of nitrogens with two attached hydrogens (primary N) is 1. The molecule has 3 unspecified atom stereocenters. The van der Waals surface area contributed by atoms with Gasteiger partial charge in [0.15, 0.2) is 0 Å². The van der Waals surface area contributed by atoms with Crippen LogP contribution in [-0.4, -0.2) is 14.5 Å². The van der Waals surface area contributed by atoms with Gasteiger partial charge in [-0.15, -0.1) is 0 Å². The molecule has 6 heteroatoms. The summed E-state index contributed by atoms with van der Waals surface area (Å²) < 4.78 is 22.8. The fourth-order valence-corrected chi connectivity index (χ4v) is 3.58. The number of benzene rings is 1. The van der Waals surface area contributed by atoms with Crippen LogP contribution in [0.4, 0.5) is 5.69 Å². The van der Waals surface area contributed by atoms with Crippen molar-refractivity contribution in [3.63, 3.8) is 0 Å². The van der Waals surface area contributed by atoms with Gasteiger partial charge >= 0.3 is 0 Å². The van der Waals surface area contributed by atoms with E-state index in [-0.39, 0.29) is 4.90 Å². The van der Waals surface area contributed by atoms with E-state index >= 15 is 0 Å². The molecule has 3 atom stereocenters. The summed E-state index contributed by atoms with van der Waals surface area (Å²) in [6, 6.07) is 4.83. The Hall–Kier alpha value is -0.780. The first-order valence-corrected chi connectivity index (χ1v) is 8.78. The van der Waals surface area contributed by atoms with Crippen molar-refractivity contribution < 1.29 is 8.42 Å². The van der Waals surface area contributed by atoms with Crippen molar-refractivity contribution in [2.45, 2.75) is 44.0 Å². The molecule has 3 N–H and O–H groups in total. The standard InChI is InChI=1S/C14H21ClN2O2S/c1-9-3-6-13(10(2)7-9)17-14-8-11(20(16,18)19)4-5-12(14)15/h4-5,8-10,13,17H,3,6-7H2,1-2H3,(H2,16,18,19). The largest absolute Gasteiger partial charge is 0.381 e. The van der Waals surface area contributed by atoms with Crippen LogP contribution < -0.4 is 10.5 Å². The molecule has 0 aromatic heterocycles. The molecule has 1 aliphatic carbocycles. The lowest BCUT2D eigenvalue weighted by molar-refractivity contribution is 0.276. The van der Waals surface area contributed by atoms with Crippen LogP contribution in [0.5, 0.6) is 0 Å². The van der Waals surface area contributed by atoms with Gasteiger partial charge in [-0.05, 0) is 49.3 Å². The summed E-state index contributed by atoms with van der Waals surface area (Å²) in [4.78, 5) is 0.0845. The summed E-state index contributed by atoms with van der Waals surface area (Å²) in [5, 5.41) is 9.05. The Morgan fingerprint density at radius 3 is 2.60 bits per heavy atom. The van der Waals surface area contributed by atoms with E-state index in [1.54, 1.807) is 6.07 Å². The van der Waals surface area contributed by atoms with E-state index in [1.165, 1.54) is 25.0 Å². The van der Waals surface area contributed by atoms with E-state index in [0.717, 1.165) is 12.3 Å². The van der Waals surface area contributed by atoms with E-state index in [2.05, 4.69) is 19.2 Å². The first-order chi connectivity index (χ1) is 9.27. The lowest BCUT2D eigenvalue weighted by Crippen LogP contribution is -2.33. The molecule has 1 fully saturated rings. The van der Waals surface area contributed by atoms with E-state index in [0.29, 0.717) is 22.7 Å². The maximum absolute atomic E-state index is 11.4. The molecule has 4 nitrogen and oxygen atoms in total. The van der Waals surface area contributed by atoms with Crippen molar-refractivity contribution >= 4 is 27.3 Å². The molecule has 1 aromatic carbocycles. The van der Waals surface area contributed by atoms with Crippen LogP contribution in [0.25, 0.3) is 0 Å². The zero-order chi connectivity index (χ0) is 14.9. The minimum absolute atomic E-state index is 0.0845. The van der Waals surface area contributed by atoms with Gasteiger partial charge < -0.3 is 5.32 Å². The minimum atomic E-state index is -3.70. The van der Waals surface area contributed by atoms with Crippen LogP contribution in [0, 0.1) is 11.8 Å². The molecule has 112 valence electrons. The fourth-order valence-electron chi connectivity index (χ4n) is 2.87. The number of rotatable bonds is 3. The number of nitrogens with one attached hydrogen (secondary N) is 1. The first kappa shape index (κ1) is 15.6. The first-order valence-electron chi connectivity index (χ1n) is 6.86. The lowest BCUT2D eigenvalue weighted by Gasteiger charge is -2.34. The molecule has 0 heterocycles. The molecule has 0 radical (unpaired) electrons. The summed E-state index contributed by atoms with van der Waals surface area (Å²) in [5.74, 6) is 1.28. The Balaban J connectivity index is 2.21. The quantitative estimate of drug-likeness (QED) is 0.899. The summed E-state index contributed by atoms with van der Waals surface area (Å²) >= 11 is 6.14. The van der Waals surface area contributed by atoms with Crippen LogP contribution in [0.1, 0.15) is 33.1 Å². The van der Waals surface area contributed by atoms with Gasteiger partial charge in [-0.3, -0.25) is 0 Å². The number of anilines is 1. The molecular weight excluding hydrogens is 296 g/mol. The molecule has 1 aromatic rings. The van der Waals surface area contributed by atoms with Gasteiger partial charge in [-0.1, -0.05) is 25.4 Å². The summed E-state index contributed by atoms with van der Waals surface area (Å²) in [7, 11) is -3.70. The normalized spacial score (nSPS) is 27.3. The summed E-state index contributed by atoms with van der Waals surface area (Å²) in [6.07, 6.45) is 3.41. The molecule has 0 saturated heterocycles. The fraction of sp³-hybridized carbons (Fsp3) is 0.571. The van der Waals surface area contributed by atoms with Gasteiger partial charge in [-0.2, -0.15) is 0 Å². The van der Waals surface area contributed by atoms with Crippen molar-refractivity contribution in [1.82, 2.24) is 0 Å². The van der Waals surface area contributed by atoms with E-state index in [9.17, 15) is 8.42 Å². The monoisotopic (exact) mass is 316 g/mol. The molecule has 1 aliphatic rings. The number of primary sulfonamides is 1. The predicted molar refractivity (Wildman–Crippen MR) is 82.4 cm³/mol. The van der Waals surface area contributed by atoms with Gasteiger partial charge in [0.05, 0.1) is 15.6 Å². The SMILES string of the molecule is CC1CCC(Nc2cc(S(N)(=O)=O)ccc2Cl)C(C)C1. The Morgan fingerprint density at radius 2 is 2.00 bits per heavy atom. The van der Waals surface area contributed by atoms with E-state index in [1.807, 2.05) is 0 Å². The highest BCUT2D eigenvalue weighted by Crippen LogP contribution is 2.33. The van der Waals surface area contributed by atoms with Crippen molar-refractivity contribution in [2.24, 2.45) is 17.0 Å². The molecule has 0 aliphatic heterocycles. The molecule has 0 spiro atoms. The average Bonchev–Trinajstić information content (AvgIpc) is 2.33. The molecule has 20 heavy (non-hydrogen) atoms. The lowest BCUT2D eigenvalue weighted by atomic mass is 9.80. The maximum atomic E-state index is 11.4. The average molecular weight is 317 g/mol. The zero-order valence-electron chi connectivity index (χ0n) is 11.8. The molecule has 1 saturated carbocycles. The van der Waals surface area contributed by atoms with Gasteiger partial charge in [-0.25, -0.2) is 13.6 Å². The van der Waals surface area contributed by atoms with Gasteiger partial charge in [0.25, 0.3) is 0 Å². The van der Waals surface area contributed by atoms with Crippen LogP contribution in [0.3, 0.4) is 0 Å². The third-order valence-corrected chi connectivity index (χ3v) is 5.28. The third kappa shape index (κ3) is 3.65. The summed E-state index contributed by atoms with van der Waals surface area (Å²) in [6.45, 7) is 4.48. The van der Waals surface area contributed by atoms with Crippen LogP contribution in [0.2, 0.25) is 5.02 Å². The molecule has 0 bridgehead atoms. The van der Waals surface area contributed by atoms with Gasteiger partial charge in [0.2, 0.25) is 10.0 Å². The van der Waals surface area contributed by atoms with Gasteiger partial charge in [0, 0.05) is 6.04 Å². The van der Waals surface area contributed by atoms with Gasteiger partial charge in [0.1, 0.15) is 0 Å². The van der Waals surface area contributed by atoms with Crippen LogP contribution in [-0.2, 0) is 10.0 Å². The molecule has 2 rings (SSSR count). The smallest absolute Gasteiger partial charge is 0.238 e.